The normalized spacial score (nSPS) is 21.1. The Morgan fingerprint density at radius 2 is 1.88 bits per heavy atom. The van der Waals surface area contributed by atoms with Crippen LogP contribution >= 0.6 is 12.4 Å². The van der Waals surface area contributed by atoms with Gasteiger partial charge in [-0.15, -0.1) is 17.5 Å². The van der Waals surface area contributed by atoms with E-state index in [2.05, 4.69) is 20.5 Å². The van der Waals surface area contributed by atoms with Gasteiger partial charge in [0.2, 0.25) is 0 Å². The molecule has 1 aromatic carbocycles. The molecule has 25 heavy (non-hydrogen) atoms. The lowest BCUT2D eigenvalue weighted by atomic mass is 10.2. The van der Waals surface area contributed by atoms with Crippen LogP contribution in [0.25, 0.3) is 5.69 Å². The van der Waals surface area contributed by atoms with Crippen molar-refractivity contribution in [1.29, 1.82) is 0 Å². The number of halogens is 1. The molecule has 2 aliphatic rings. The average Bonchev–Trinajstić information content (AvgIpc) is 3.33. The lowest BCUT2D eigenvalue weighted by Gasteiger charge is -2.32. The Kier molecular flexibility index (Phi) is 5.67. The van der Waals surface area contributed by atoms with Crippen molar-refractivity contribution in [3.05, 3.63) is 42.2 Å². The van der Waals surface area contributed by atoms with Crippen molar-refractivity contribution in [2.75, 3.05) is 39.3 Å². The largest absolute Gasteiger partial charge is 0.336 e. The van der Waals surface area contributed by atoms with E-state index in [0.717, 1.165) is 51.4 Å². The summed E-state index contributed by atoms with van der Waals surface area (Å²) in [6, 6.07) is 10.2. The number of aromatic nitrogens is 3. The Hall–Kier alpha value is -1.96. The molecule has 3 heterocycles. The number of nitrogens with one attached hydrogen (secondary N) is 1. The van der Waals surface area contributed by atoms with Crippen LogP contribution in [0.2, 0.25) is 0 Å². The van der Waals surface area contributed by atoms with E-state index >= 15 is 0 Å². The number of para-hydroxylation sites is 1. The van der Waals surface area contributed by atoms with Crippen LogP contribution in [0.3, 0.4) is 0 Å². The van der Waals surface area contributed by atoms with E-state index in [-0.39, 0.29) is 18.3 Å². The molecule has 0 aliphatic carbocycles. The van der Waals surface area contributed by atoms with Crippen LogP contribution in [0.15, 0.2) is 36.5 Å². The lowest BCUT2D eigenvalue weighted by molar-refractivity contribution is 0.0767. The predicted molar refractivity (Wildman–Crippen MR) is 97.4 cm³/mol. The third kappa shape index (κ3) is 3.84. The summed E-state index contributed by atoms with van der Waals surface area (Å²) in [5, 5.41) is 11.5. The smallest absolute Gasteiger partial charge is 0.276 e. The van der Waals surface area contributed by atoms with Crippen molar-refractivity contribution < 1.29 is 4.79 Å². The number of carbonyl (C=O) groups excluding carboxylic acids is 1. The highest BCUT2D eigenvalue weighted by atomic mass is 35.5. The molecule has 0 saturated carbocycles. The molecule has 1 aromatic heterocycles. The monoisotopic (exact) mass is 362 g/mol. The van der Waals surface area contributed by atoms with Crippen molar-refractivity contribution in [3.63, 3.8) is 0 Å². The summed E-state index contributed by atoms with van der Waals surface area (Å²) >= 11 is 0. The van der Waals surface area contributed by atoms with Crippen LogP contribution in [-0.2, 0) is 0 Å². The van der Waals surface area contributed by atoms with Gasteiger partial charge in [-0.3, -0.25) is 9.69 Å². The molecule has 4 rings (SSSR count). The summed E-state index contributed by atoms with van der Waals surface area (Å²) in [5.74, 6) is -0.0187. The zero-order valence-corrected chi connectivity index (χ0v) is 14.9. The van der Waals surface area contributed by atoms with Gasteiger partial charge < -0.3 is 10.2 Å². The van der Waals surface area contributed by atoms with Gasteiger partial charge in [-0.1, -0.05) is 23.4 Å². The van der Waals surface area contributed by atoms with Crippen LogP contribution in [-0.4, -0.2) is 76.0 Å². The molecule has 8 heteroatoms. The fourth-order valence-electron chi connectivity index (χ4n) is 3.50. The minimum atomic E-state index is -0.0187. The van der Waals surface area contributed by atoms with Crippen LogP contribution in [0, 0.1) is 0 Å². The Morgan fingerprint density at radius 3 is 2.64 bits per heavy atom. The zero-order chi connectivity index (χ0) is 16.4. The van der Waals surface area contributed by atoms with Crippen molar-refractivity contribution >= 4 is 18.3 Å². The van der Waals surface area contributed by atoms with Gasteiger partial charge >= 0.3 is 0 Å². The average molecular weight is 363 g/mol. The van der Waals surface area contributed by atoms with Crippen molar-refractivity contribution in [1.82, 2.24) is 30.1 Å². The van der Waals surface area contributed by atoms with Gasteiger partial charge in [0.05, 0.1) is 11.9 Å². The summed E-state index contributed by atoms with van der Waals surface area (Å²) in [7, 11) is 0. The number of piperazine rings is 1. The van der Waals surface area contributed by atoms with E-state index in [4.69, 9.17) is 0 Å². The molecule has 0 radical (unpaired) electrons. The molecule has 1 atom stereocenters. The van der Waals surface area contributed by atoms with Gasteiger partial charge in [-0.05, 0) is 18.6 Å². The number of nitrogens with zero attached hydrogens (tertiary/aromatic N) is 5. The Bertz CT molecular complexity index is 700. The first kappa shape index (κ1) is 17.8. The summed E-state index contributed by atoms with van der Waals surface area (Å²) in [4.78, 5) is 17.1. The molecule has 2 fully saturated rings. The standard InChI is InChI=1S/C17H22N6O.ClH/c24-17(16-13-23(20-19-16)14-4-2-1-3-5-14)22-9-6-15(12-22)21-10-7-18-8-11-21;/h1-5,13,15,18H,6-12H2;1H. The highest BCUT2D eigenvalue weighted by Gasteiger charge is 2.32. The van der Waals surface area contributed by atoms with Crippen LogP contribution in [0.1, 0.15) is 16.9 Å². The molecule has 7 nitrogen and oxygen atoms in total. The maximum atomic E-state index is 12.7. The minimum absolute atomic E-state index is 0. The molecule has 1 amide bonds. The van der Waals surface area contributed by atoms with Gasteiger partial charge in [-0.25, -0.2) is 4.68 Å². The third-order valence-corrected chi connectivity index (χ3v) is 4.85. The van der Waals surface area contributed by atoms with Crippen molar-refractivity contribution in [3.8, 4) is 5.69 Å². The van der Waals surface area contributed by atoms with Gasteiger partial charge in [0.25, 0.3) is 5.91 Å². The number of amides is 1. The second-order valence-electron chi connectivity index (χ2n) is 6.36. The lowest BCUT2D eigenvalue weighted by Crippen LogP contribution is -2.49. The van der Waals surface area contributed by atoms with Crippen LogP contribution < -0.4 is 5.32 Å². The van der Waals surface area contributed by atoms with Gasteiger partial charge in [-0.2, -0.15) is 0 Å². The Labute approximate surface area is 153 Å². The molecule has 0 bridgehead atoms. The Balaban J connectivity index is 0.00000182. The number of likely N-dealkylation sites (tertiary alicyclic amines) is 1. The highest BCUT2D eigenvalue weighted by molar-refractivity contribution is 5.92. The summed E-state index contributed by atoms with van der Waals surface area (Å²) in [5.41, 5.74) is 1.32. The van der Waals surface area contributed by atoms with E-state index in [9.17, 15) is 4.79 Å². The number of hydrogen-bond acceptors (Lipinski definition) is 5. The molecular weight excluding hydrogens is 340 g/mol. The summed E-state index contributed by atoms with van der Waals surface area (Å²) in [6.07, 6.45) is 2.76. The topological polar surface area (TPSA) is 66.3 Å². The van der Waals surface area contributed by atoms with Crippen molar-refractivity contribution in [2.45, 2.75) is 12.5 Å². The quantitative estimate of drug-likeness (QED) is 0.875. The molecule has 134 valence electrons. The maximum absolute atomic E-state index is 12.7. The van der Waals surface area contributed by atoms with Gasteiger partial charge in [0, 0.05) is 45.3 Å². The van der Waals surface area contributed by atoms with Crippen molar-refractivity contribution in [2.24, 2.45) is 0 Å². The van der Waals surface area contributed by atoms with Gasteiger partial charge in [0.1, 0.15) is 0 Å². The predicted octanol–water partition coefficient (Wildman–Crippen LogP) is 0.809. The molecule has 2 saturated heterocycles. The molecule has 0 spiro atoms. The SMILES string of the molecule is Cl.O=C(c1cn(-c2ccccc2)nn1)N1CCC(N2CCNCC2)C1. The first-order valence-electron chi connectivity index (χ1n) is 8.53. The maximum Gasteiger partial charge on any atom is 0.276 e. The Morgan fingerprint density at radius 1 is 1.12 bits per heavy atom. The first-order chi connectivity index (χ1) is 11.8. The van der Waals surface area contributed by atoms with Gasteiger partial charge in [0.15, 0.2) is 5.69 Å². The number of hydrogen-bond donors (Lipinski definition) is 1. The van der Waals surface area contributed by atoms with E-state index in [1.807, 2.05) is 35.2 Å². The number of benzene rings is 1. The third-order valence-electron chi connectivity index (χ3n) is 4.85. The van der Waals surface area contributed by atoms with Crippen LogP contribution in [0.5, 0.6) is 0 Å². The van der Waals surface area contributed by atoms with E-state index < -0.39 is 0 Å². The minimum Gasteiger partial charge on any atom is -0.336 e. The molecule has 1 unspecified atom stereocenters. The van der Waals surface area contributed by atoms with E-state index in [1.54, 1.807) is 10.9 Å². The van der Waals surface area contributed by atoms with E-state index in [0.29, 0.717) is 11.7 Å². The van der Waals surface area contributed by atoms with Crippen LogP contribution in [0.4, 0.5) is 0 Å². The molecular formula is C17H23ClN6O. The van der Waals surface area contributed by atoms with E-state index in [1.165, 1.54) is 0 Å². The summed E-state index contributed by atoms with van der Waals surface area (Å²) in [6.45, 7) is 5.79. The second kappa shape index (κ2) is 7.95. The number of carbonyl (C=O) groups is 1. The first-order valence-corrected chi connectivity index (χ1v) is 8.53. The number of rotatable bonds is 3. The fraction of sp³-hybridized carbons (Fsp3) is 0.471. The fourth-order valence-corrected chi connectivity index (χ4v) is 3.50. The molecule has 2 aromatic rings. The zero-order valence-electron chi connectivity index (χ0n) is 14.0. The molecule has 2 aliphatic heterocycles. The molecule has 1 N–H and O–H groups in total. The second-order valence-corrected chi connectivity index (χ2v) is 6.36. The highest BCUT2D eigenvalue weighted by Crippen LogP contribution is 2.18. The summed E-state index contributed by atoms with van der Waals surface area (Å²) < 4.78 is 1.65.